The fourth-order valence-electron chi connectivity index (χ4n) is 2.72. The van der Waals surface area contributed by atoms with Gasteiger partial charge in [0.05, 0.1) is 0 Å². The zero-order valence-corrected chi connectivity index (χ0v) is 15.3. The fourth-order valence-corrected chi connectivity index (χ4v) is 2.72. The van der Waals surface area contributed by atoms with Gasteiger partial charge < -0.3 is 6.92 Å². The van der Waals surface area contributed by atoms with Crippen LogP contribution < -0.4 is 0 Å². The minimum absolute atomic E-state index is 0. The Labute approximate surface area is 140 Å². The first-order valence-electron chi connectivity index (χ1n) is 9.21. The minimum atomic E-state index is 0. The summed E-state index contributed by atoms with van der Waals surface area (Å²) in [4.78, 5) is 0. The van der Waals surface area contributed by atoms with Crippen molar-refractivity contribution in [2.45, 2.75) is 116 Å². The second-order valence-electron chi connectivity index (χ2n) is 6.16. The van der Waals surface area contributed by atoms with Crippen LogP contribution in [0.15, 0.2) is 0 Å². The molecule has 0 spiro atoms. The molecule has 0 aliphatic carbocycles. The Balaban J connectivity index is 0. The van der Waals surface area contributed by atoms with E-state index in [1.54, 1.807) is 0 Å². The Morgan fingerprint density at radius 3 is 0.950 bits per heavy atom. The van der Waals surface area contributed by atoms with Gasteiger partial charge >= 0.3 is 0 Å². The molecule has 0 heterocycles. The van der Waals surface area contributed by atoms with Crippen LogP contribution in [-0.2, 0) is 17.1 Å². The molecule has 0 aliphatic rings. The molecule has 0 aliphatic heterocycles. The van der Waals surface area contributed by atoms with Gasteiger partial charge in [-0.15, -0.1) is 0 Å². The van der Waals surface area contributed by atoms with Crippen molar-refractivity contribution in [1.29, 1.82) is 0 Å². The molecule has 1 heteroatoms. The van der Waals surface area contributed by atoms with Gasteiger partial charge in [-0.25, -0.2) is 0 Å². The topological polar surface area (TPSA) is 0 Å². The molecule has 0 aromatic rings. The summed E-state index contributed by atoms with van der Waals surface area (Å²) in [6.07, 6.45) is 24.3. The van der Waals surface area contributed by atoms with Crippen LogP contribution in [0.1, 0.15) is 116 Å². The van der Waals surface area contributed by atoms with E-state index in [9.17, 15) is 0 Å². The summed E-state index contributed by atoms with van der Waals surface area (Å²) in [5.74, 6) is 0. The Kier molecular flexibility index (Phi) is 24.9. The van der Waals surface area contributed by atoms with Crippen molar-refractivity contribution in [2.75, 3.05) is 0 Å². The third-order valence-electron chi connectivity index (χ3n) is 4.10. The molecule has 0 aromatic carbocycles. The van der Waals surface area contributed by atoms with Gasteiger partial charge in [-0.3, -0.25) is 0 Å². The predicted octanol–water partition coefficient (Wildman–Crippen LogP) is 7.47. The number of hydrogen-bond acceptors (Lipinski definition) is 0. The van der Waals surface area contributed by atoms with E-state index in [1.165, 1.54) is 103 Å². The maximum absolute atomic E-state index is 3.89. The van der Waals surface area contributed by atoms with Gasteiger partial charge in [0.1, 0.15) is 0 Å². The van der Waals surface area contributed by atoms with Gasteiger partial charge in [-0.1, -0.05) is 110 Å². The SMILES string of the molecule is [CH2-]CCCCCCCCCCCCCCCCCC.[Mn]. The third-order valence-corrected chi connectivity index (χ3v) is 4.10. The first kappa shape index (κ1) is 22.8. The number of unbranched alkanes of at least 4 members (excludes halogenated alkanes) is 16. The van der Waals surface area contributed by atoms with Gasteiger partial charge in [-0.05, 0) is 0 Å². The van der Waals surface area contributed by atoms with E-state index >= 15 is 0 Å². The summed E-state index contributed by atoms with van der Waals surface area (Å²) < 4.78 is 0. The smallest absolute Gasteiger partial charge is 0 e. The second-order valence-corrected chi connectivity index (χ2v) is 6.16. The Bertz CT molecular complexity index is 129. The normalized spacial score (nSPS) is 10.5. The molecular weight excluding hydrogens is 283 g/mol. The molecule has 1 radical (unpaired) electrons. The summed E-state index contributed by atoms with van der Waals surface area (Å²) in [6.45, 7) is 6.18. The van der Waals surface area contributed by atoms with Crippen LogP contribution in [0.25, 0.3) is 0 Å². The van der Waals surface area contributed by atoms with Crippen LogP contribution in [0.4, 0.5) is 0 Å². The average Bonchev–Trinajstić information content (AvgIpc) is 2.43. The third kappa shape index (κ3) is 20.8. The molecule has 0 aromatic heterocycles. The van der Waals surface area contributed by atoms with Crippen LogP contribution in [-0.4, -0.2) is 0 Å². The summed E-state index contributed by atoms with van der Waals surface area (Å²) in [5.41, 5.74) is 0. The van der Waals surface area contributed by atoms with Crippen molar-refractivity contribution in [1.82, 2.24) is 0 Å². The van der Waals surface area contributed by atoms with Crippen molar-refractivity contribution in [2.24, 2.45) is 0 Å². The van der Waals surface area contributed by atoms with E-state index in [0.717, 1.165) is 6.42 Å². The van der Waals surface area contributed by atoms with Crippen molar-refractivity contribution in [3.05, 3.63) is 6.92 Å². The summed E-state index contributed by atoms with van der Waals surface area (Å²) in [5, 5.41) is 0. The van der Waals surface area contributed by atoms with Crippen molar-refractivity contribution in [3.63, 3.8) is 0 Å². The van der Waals surface area contributed by atoms with Crippen LogP contribution in [0, 0.1) is 6.92 Å². The molecule has 123 valence electrons. The summed E-state index contributed by atoms with van der Waals surface area (Å²) in [6, 6.07) is 0. The quantitative estimate of drug-likeness (QED) is 0.157. The molecule has 0 unspecified atom stereocenters. The molecule has 0 saturated heterocycles. The molecular formula is C19H39Mn-. The van der Waals surface area contributed by atoms with Crippen LogP contribution in [0.2, 0.25) is 0 Å². The van der Waals surface area contributed by atoms with Gasteiger partial charge in [0, 0.05) is 17.1 Å². The predicted molar refractivity (Wildman–Crippen MR) is 89.5 cm³/mol. The number of rotatable bonds is 16. The monoisotopic (exact) mass is 322 g/mol. The van der Waals surface area contributed by atoms with Gasteiger partial charge in [-0.2, -0.15) is 6.42 Å². The number of hydrogen-bond donors (Lipinski definition) is 0. The van der Waals surface area contributed by atoms with Crippen molar-refractivity contribution >= 4 is 0 Å². The Morgan fingerprint density at radius 1 is 0.450 bits per heavy atom. The molecule has 0 fully saturated rings. The summed E-state index contributed by atoms with van der Waals surface area (Å²) in [7, 11) is 0. The van der Waals surface area contributed by atoms with Gasteiger partial charge in [0.25, 0.3) is 0 Å². The maximum atomic E-state index is 3.89. The van der Waals surface area contributed by atoms with E-state index in [1.807, 2.05) is 0 Å². The largest absolute Gasteiger partial charge is 0.343 e. The van der Waals surface area contributed by atoms with Gasteiger partial charge in [0.2, 0.25) is 0 Å². The van der Waals surface area contributed by atoms with Crippen LogP contribution in [0.3, 0.4) is 0 Å². The standard InChI is InChI=1S/C19H39.Mn/c1-3-5-7-9-11-13-15-17-19-18-16-14-12-10-8-6-4-2;/h1,3-19H2,2H3;/q-1;. The molecule has 0 N–H and O–H groups in total. The first-order chi connectivity index (χ1) is 9.41. The van der Waals surface area contributed by atoms with E-state index in [0.29, 0.717) is 0 Å². The molecule has 0 nitrogen and oxygen atoms in total. The molecule has 0 atom stereocenters. The Morgan fingerprint density at radius 2 is 0.700 bits per heavy atom. The molecule has 0 bridgehead atoms. The Hall–Kier alpha value is 0.519. The second kappa shape index (κ2) is 21.8. The minimum Gasteiger partial charge on any atom is -0.343 e. The van der Waals surface area contributed by atoms with E-state index < -0.39 is 0 Å². The first-order valence-corrected chi connectivity index (χ1v) is 9.21. The zero-order chi connectivity index (χ0) is 14.0. The summed E-state index contributed by atoms with van der Waals surface area (Å²) >= 11 is 0. The van der Waals surface area contributed by atoms with E-state index in [4.69, 9.17) is 0 Å². The van der Waals surface area contributed by atoms with Crippen LogP contribution >= 0.6 is 0 Å². The van der Waals surface area contributed by atoms with E-state index in [-0.39, 0.29) is 17.1 Å². The molecule has 0 amide bonds. The van der Waals surface area contributed by atoms with Crippen molar-refractivity contribution in [3.8, 4) is 0 Å². The molecule has 20 heavy (non-hydrogen) atoms. The van der Waals surface area contributed by atoms with E-state index in [2.05, 4.69) is 13.8 Å². The maximum Gasteiger partial charge on any atom is 0 e. The zero-order valence-electron chi connectivity index (χ0n) is 14.1. The molecule has 0 rings (SSSR count). The van der Waals surface area contributed by atoms with Crippen LogP contribution in [0.5, 0.6) is 0 Å². The van der Waals surface area contributed by atoms with Crippen molar-refractivity contribution < 1.29 is 17.1 Å². The van der Waals surface area contributed by atoms with Gasteiger partial charge in [0.15, 0.2) is 0 Å². The molecule has 0 saturated carbocycles. The average molecular weight is 322 g/mol. The fraction of sp³-hybridized carbons (Fsp3) is 0.947.